The molecule has 1 aromatic heterocycles. The molecule has 1 fully saturated rings. The number of aromatic nitrogens is 1. The van der Waals surface area contributed by atoms with E-state index in [1.54, 1.807) is 30.3 Å². The summed E-state index contributed by atoms with van der Waals surface area (Å²) in [5, 5.41) is 12.4. The van der Waals surface area contributed by atoms with Crippen LogP contribution in [-0.2, 0) is 16.0 Å². The van der Waals surface area contributed by atoms with Crippen LogP contribution in [0.25, 0.3) is 16.0 Å². The third-order valence-electron chi connectivity index (χ3n) is 6.55. The number of aryl methyl sites for hydroxylation is 1. The SMILES string of the molecule is Cc1ccc([C@@H]2/C(=C(\O)c3ccc4c(c3)C[C@H](C)O4)C(=O)C(=O)N2c2nc3ccc(Cl)cc3s2)cc1. The third-order valence-corrected chi connectivity index (χ3v) is 7.80. The van der Waals surface area contributed by atoms with Crippen molar-refractivity contribution in [2.24, 2.45) is 0 Å². The first kappa shape index (κ1) is 22.8. The number of ketones is 1. The molecule has 0 radical (unpaired) electrons. The van der Waals surface area contributed by atoms with E-state index in [9.17, 15) is 14.7 Å². The molecule has 180 valence electrons. The van der Waals surface area contributed by atoms with Gasteiger partial charge in [0.05, 0.1) is 21.8 Å². The molecular formula is C28H21ClN2O4S. The van der Waals surface area contributed by atoms with Gasteiger partial charge in [0.1, 0.15) is 17.6 Å². The lowest BCUT2D eigenvalue weighted by Crippen LogP contribution is -2.29. The first-order chi connectivity index (χ1) is 17.3. The van der Waals surface area contributed by atoms with Gasteiger partial charge in [-0.1, -0.05) is 52.8 Å². The lowest BCUT2D eigenvalue weighted by Gasteiger charge is -2.23. The highest BCUT2D eigenvalue weighted by molar-refractivity contribution is 7.22. The number of amides is 1. The quantitative estimate of drug-likeness (QED) is 0.199. The van der Waals surface area contributed by atoms with Crippen molar-refractivity contribution in [3.63, 3.8) is 0 Å². The minimum absolute atomic E-state index is 0.0352. The van der Waals surface area contributed by atoms with Gasteiger partial charge in [-0.25, -0.2) is 4.98 Å². The second-order valence-corrected chi connectivity index (χ2v) is 10.6. The van der Waals surface area contributed by atoms with E-state index in [1.807, 2.05) is 44.2 Å². The number of nitrogens with zero attached hydrogens (tertiary/aromatic N) is 2. The molecule has 1 N–H and O–H groups in total. The van der Waals surface area contributed by atoms with E-state index in [1.165, 1.54) is 16.2 Å². The summed E-state index contributed by atoms with van der Waals surface area (Å²) in [4.78, 5) is 32.9. The highest BCUT2D eigenvalue weighted by atomic mass is 35.5. The molecule has 6 nitrogen and oxygen atoms in total. The standard InChI is InChI=1S/C28H21ClN2O4S/c1-14-3-5-16(6-4-14)24-23(25(32)17-7-10-21-18(12-17)11-15(2)35-21)26(33)27(34)31(24)28-30-20-9-8-19(29)13-22(20)36-28/h3-10,12-13,15,24,32H,11H2,1-2H3/b25-23+/t15-,24+/m0/s1. The Morgan fingerprint density at radius 1 is 1.11 bits per heavy atom. The van der Waals surface area contributed by atoms with Crippen LogP contribution in [-0.4, -0.2) is 27.9 Å². The van der Waals surface area contributed by atoms with Crippen LogP contribution in [0.4, 0.5) is 5.13 Å². The summed E-state index contributed by atoms with van der Waals surface area (Å²) in [5.41, 5.74) is 3.88. The highest BCUT2D eigenvalue weighted by Crippen LogP contribution is 2.45. The number of anilines is 1. The van der Waals surface area contributed by atoms with E-state index in [4.69, 9.17) is 16.3 Å². The molecule has 2 aliphatic rings. The van der Waals surface area contributed by atoms with E-state index in [2.05, 4.69) is 4.98 Å². The number of aliphatic hydroxyl groups is 1. The summed E-state index contributed by atoms with van der Waals surface area (Å²) >= 11 is 7.43. The van der Waals surface area contributed by atoms with Gasteiger partial charge in [0, 0.05) is 17.0 Å². The van der Waals surface area contributed by atoms with Gasteiger partial charge in [-0.05, 0) is 61.4 Å². The van der Waals surface area contributed by atoms with E-state index in [-0.39, 0.29) is 17.4 Å². The van der Waals surface area contributed by atoms with Crippen LogP contribution in [0.2, 0.25) is 5.02 Å². The van der Waals surface area contributed by atoms with E-state index in [0.29, 0.717) is 33.2 Å². The zero-order valence-electron chi connectivity index (χ0n) is 19.5. The number of carbonyl (C=O) groups is 2. The average Bonchev–Trinajstić information content (AvgIpc) is 3.51. The minimum Gasteiger partial charge on any atom is -0.507 e. The Balaban J connectivity index is 1.53. The molecule has 0 spiro atoms. The van der Waals surface area contributed by atoms with E-state index < -0.39 is 17.7 Å². The minimum atomic E-state index is -0.829. The molecule has 4 aromatic rings. The summed E-state index contributed by atoms with van der Waals surface area (Å²) in [6.45, 7) is 3.94. The van der Waals surface area contributed by atoms with Gasteiger partial charge >= 0.3 is 5.91 Å². The number of carbonyl (C=O) groups excluding carboxylic acids is 2. The van der Waals surface area contributed by atoms with Crippen LogP contribution in [0.15, 0.2) is 66.2 Å². The largest absolute Gasteiger partial charge is 0.507 e. The zero-order valence-corrected chi connectivity index (χ0v) is 21.1. The first-order valence-electron chi connectivity index (χ1n) is 11.5. The topological polar surface area (TPSA) is 79.7 Å². The normalized spacial score (nSPS) is 20.7. The van der Waals surface area contributed by atoms with Crippen molar-refractivity contribution in [1.82, 2.24) is 4.98 Å². The van der Waals surface area contributed by atoms with E-state index >= 15 is 0 Å². The van der Waals surface area contributed by atoms with Gasteiger partial charge in [-0.2, -0.15) is 0 Å². The maximum atomic E-state index is 13.4. The van der Waals surface area contributed by atoms with Crippen molar-refractivity contribution in [2.75, 3.05) is 4.90 Å². The molecule has 0 bridgehead atoms. The Bertz CT molecular complexity index is 1590. The van der Waals surface area contributed by atoms with Crippen molar-refractivity contribution in [1.29, 1.82) is 0 Å². The fraction of sp³-hybridized carbons (Fsp3) is 0.179. The molecule has 0 saturated carbocycles. The number of aliphatic hydroxyl groups excluding tert-OH is 1. The Morgan fingerprint density at radius 3 is 2.67 bits per heavy atom. The Morgan fingerprint density at radius 2 is 1.89 bits per heavy atom. The van der Waals surface area contributed by atoms with Crippen molar-refractivity contribution >= 4 is 55.7 Å². The molecule has 3 heterocycles. The van der Waals surface area contributed by atoms with Crippen LogP contribution < -0.4 is 9.64 Å². The molecule has 2 aliphatic heterocycles. The lowest BCUT2D eigenvalue weighted by atomic mass is 9.94. The highest BCUT2D eigenvalue weighted by Gasteiger charge is 2.48. The first-order valence-corrected chi connectivity index (χ1v) is 12.7. The van der Waals surface area contributed by atoms with E-state index in [0.717, 1.165) is 21.6 Å². The van der Waals surface area contributed by atoms with Crippen molar-refractivity contribution in [2.45, 2.75) is 32.4 Å². The van der Waals surface area contributed by atoms with Gasteiger partial charge in [-0.15, -0.1) is 0 Å². The van der Waals surface area contributed by atoms with Crippen LogP contribution in [0.5, 0.6) is 5.75 Å². The molecular weight excluding hydrogens is 496 g/mol. The molecule has 0 aliphatic carbocycles. The van der Waals surface area contributed by atoms with Gasteiger partial charge < -0.3 is 9.84 Å². The Hall–Kier alpha value is -3.68. The van der Waals surface area contributed by atoms with Gasteiger partial charge in [0.15, 0.2) is 5.13 Å². The second kappa shape index (κ2) is 8.47. The van der Waals surface area contributed by atoms with Crippen LogP contribution in [0.3, 0.4) is 0 Å². The molecule has 3 aromatic carbocycles. The molecule has 2 atom stereocenters. The number of halogens is 1. The summed E-state index contributed by atoms with van der Waals surface area (Å²) < 4.78 is 6.58. The van der Waals surface area contributed by atoms with Crippen molar-refractivity contribution in [3.05, 3.63) is 93.5 Å². The fourth-order valence-corrected chi connectivity index (χ4v) is 6.08. The Kier molecular flexibility index (Phi) is 5.35. The molecule has 8 heteroatoms. The number of benzene rings is 3. The Labute approximate surface area is 216 Å². The van der Waals surface area contributed by atoms with Crippen LogP contribution >= 0.6 is 22.9 Å². The predicted octanol–water partition coefficient (Wildman–Crippen LogP) is 6.21. The van der Waals surface area contributed by atoms with Gasteiger partial charge in [0.2, 0.25) is 0 Å². The number of hydrogen-bond acceptors (Lipinski definition) is 6. The molecule has 1 saturated heterocycles. The lowest BCUT2D eigenvalue weighted by molar-refractivity contribution is -0.132. The number of fused-ring (bicyclic) bond motifs is 2. The third kappa shape index (κ3) is 3.67. The van der Waals surface area contributed by atoms with Gasteiger partial charge in [0.25, 0.3) is 5.78 Å². The molecule has 36 heavy (non-hydrogen) atoms. The number of thiazole rings is 1. The monoisotopic (exact) mass is 516 g/mol. The van der Waals surface area contributed by atoms with Gasteiger partial charge in [-0.3, -0.25) is 14.5 Å². The van der Waals surface area contributed by atoms with Crippen molar-refractivity contribution in [3.8, 4) is 5.75 Å². The number of hydrogen-bond donors (Lipinski definition) is 1. The molecule has 1 amide bonds. The fourth-order valence-electron chi connectivity index (χ4n) is 4.81. The maximum absolute atomic E-state index is 13.4. The predicted molar refractivity (Wildman–Crippen MR) is 141 cm³/mol. The van der Waals surface area contributed by atoms with Crippen molar-refractivity contribution < 1.29 is 19.4 Å². The summed E-state index contributed by atoms with van der Waals surface area (Å²) in [6.07, 6.45) is 0.753. The second-order valence-electron chi connectivity index (χ2n) is 9.14. The number of ether oxygens (including phenoxy) is 1. The zero-order chi connectivity index (χ0) is 25.1. The summed E-state index contributed by atoms with van der Waals surface area (Å²) in [7, 11) is 0. The van der Waals surface area contributed by atoms with Crippen LogP contribution in [0.1, 0.15) is 35.2 Å². The average molecular weight is 517 g/mol. The summed E-state index contributed by atoms with van der Waals surface area (Å²) in [5.74, 6) is -0.929. The maximum Gasteiger partial charge on any atom is 0.301 e. The number of Topliss-reactive ketones (excluding diaryl/α,β-unsaturated/α-hetero) is 1. The number of rotatable bonds is 3. The van der Waals surface area contributed by atoms with Crippen LogP contribution in [0, 0.1) is 6.92 Å². The summed E-state index contributed by atoms with van der Waals surface area (Å²) in [6, 6.07) is 17.4. The molecule has 6 rings (SSSR count). The smallest absolute Gasteiger partial charge is 0.301 e. The molecule has 0 unspecified atom stereocenters.